The van der Waals surface area contributed by atoms with Gasteiger partial charge in [-0.25, -0.2) is 4.79 Å². The molecular weight excluding hydrogens is 208 g/mol. The van der Waals surface area contributed by atoms with E-state index in [1.54, 1.807) is 11.0 Å². The molecule has 5 heteroatoms. The molecule has 0 aliphatic heterocycles. The van der Waals surface area contributed by atoms with Gasteiger partial charge in [0.25, 0.3) is 0 Å². The standard InChI is InChI=1S/C11H20N2O3/c1-4-7-12-11(16)13(9(2)3)8-5-6-10(14)15/h4,9H,1,5-8H2,2-3H3,(H,12,16)(H,14,15). The van der Waals surface area contributed by atoms with Gasteiger partial charge >= 0.3 is 12.0 Å². The highest BCUT2D eigenvalue weighted by Gasteiger charge is 2.15. The highest BCUT2D eigenvalue weighted by Crippen LogP contribution is 2.02. The quantitative estimate of drug-likeness (QED) is 0.648. The Morgan fingerprint density at radius 2 is 2.12 bits per heavy atom. The first-order valence-corrected chi connectivity index (χ1v) is 5.36. The second-order valence-electron chi connectivity index (χ2n) is 3.76. The number of hydrogen-bond donors (Lipinski definition) is 2. The van der Waals surface area contributed by atoms with Gasteiger partial charge in [0, 0.05) is 25.6 Å². The summed E-state index contributed by atoms with van der Waals surface area (Å²) in [6, 6.07) is -0.126. The van der Waals surface area contributed by atoms with Crippen molar-refractivity contribution >= 4 is 12.0 Å². The third-order valence-corrected chi connectivity index (χ3v) is 2.07. The number of amides is 2. The van der Waals surface area contributed by atoms with E-state index < -0.39 is 5.97 Å². The van der Waals surface area contributed by atoms with Crippen LogP contribution in [-0.4, -0.2) is 41.1 Å². The van der Waals surface area contributed by atoms with Crippen molar-refractivity contribution in [3.63, 3.8) is 0 Å². The number of carboxylic acid groups (broad SMARTS) is 1. The van der Waals surface area contributed by atoms with E-state index in [0.29, 0.717) is 19.5 Å². The number of carbonyl (C=O) groups excluding carboxylic acids is 1. The summed E-state index contributed by atoms with van der Waals surface area (Å²) in [5.41, 5.74) is 0. The smallest absolute Gasteiger partial charge is 0.317 e. The van der Waals surface area contributed by atoms with Gasteiger partial charge in [0.1, 0.15) is 0 Å². The lowest BCUT2D eigenvalue weighted by atomic mass is 10.2. The van der Waals surface area contributed by atoms with Crippen LogP contribution in [0.5, 0.6) is 0 Å². The molecule has 0 radical (unpaired) electrons. The monoisotopic (exact) mass is 228 g/mol. The fourth-order valence-corrected chi connectivity index (χ4v) is 1.26. The molecule has 0 heterocycles. The topological polar surface area (TPSA) is 69.6 Å². The summed E-state index contributed by atoms with van der Waals surface area (Å²) >= 11 is 0. The van der Waals surface area contributed by atoms with Gasteiger partial charge in [-0.1, -0.05) is 6.08 Å². The van der Waals surface area contributed by atoms with Crippen molar-refractivity contribution in [1.29, 1.82) is 0 Å². The van der Waals surface area contributed by atoms with E-state index in [1.807, 2.05) is 13.8 Å². The zero-order chi connectivity index (χ0) is 12.6. The number of nitrogens with zero attached hydrogens (tertiary/aromatic N) is 1. The van der Waals surface area contributed by atoms with Gasteiger partial charge in [-0.3, -0.25) is 4.79 Å². The predicted octanol–water partition coefficient (Wildman–Crippen LogP) is 1.46. The molecule has 0 bridgehead atoms. The first kappa shape index (κ1) is 14.5. The maximum atomic E-state index is 11.6. The van der Waals surface area contributed by atoms with Gasteiger partial charge < -0.3 is 15.3 Å². The highest BCUT2D eigenvalue weighted by molar-refractivity contribution is 5.74. The van der Waals surface area contributed by atoms with E-state index >= 15 is 0 Å². The minimum absolute atomic E-state index is 0.0543. The summed E-state index contributed by atoms with van der Waals surface area (Å²) in [7, 11) is 0. The number of urea groups is 1. The number of nitrogens with one attached hydrogen (secondary N) is 1. The molecule has 0 aromatic carbocycles. The van der Waals surface area contributed by atoms with E-state index in [9.17, 15) is 9.59 Å². The van der Waals surface area contributed by atoms with E-state index in [1.165, 1.54) is 0 Å². The maximum Gasteiger partial charge on any atom is 0.317 e. The summed E-state index contributed by atoms with van der Waals surface area (Å²) in [6.45, 7) is 8.17. The average molecular weight is 228 g/mol. The third-order valence-electron chi connectivity index (χ3n) is 2.07. The Hall–Kier alpha value is -1.52. The van der Waals surface area contributed by atoms with Crippen LogP contribution in [-0.2, 0) is 4.79 Å². The molecule has 0 atom stereocenters. The Morgan fingerprint density at radius 3 is 2.56 bits per heavy atom. The molecule has 16 heavy (non-hydrogen) atoms. The third kappa shape index (κ3) is 6.06. The Morgan fingerprint density at radius 1 is 1.50 bits per heavy atom. The van der Waals surface area contributed by atoms with Gasteiger partial charge in [0.05, 0.1) is 0 Å². The van der Waals surface area contributed by atoms with Crippen LogP contribution >= 0.6 is 0 Å². The maximum absolute atomic E-state index is 11.6. The minimum atomic E-state index is -0.838. The van der Waals surface area contributed by atoms with Crippen molar-refractivity contribution in [3.8, 4) is 0 Å². The van der Waals surface area contributed by atoms with Crippen molar-refractivity contribution in [1.82, 2.24) is 10.2 Å². The Balaban J connectivity index is 4.10. The Bertz CT molecular complexity index is 252. The predicted molar refractivity (Wildman–Crippen MR) is 62.3 cm³/mol. The van der Waals surface area contributed by atoms with Crippen LogP contribution in [0.4, 0.5) is 4.79 Å². The second-order valence-corrected chi connectivity index (χ2v) is 3.76. The Labute approximate surface area is 96.1 Å². The largest absolute Gasteiger partial charge is 0.481 e. The van der Waals surface area contributed by atoms with E-state index in [4.69, 9.17) is 5.11 Å². The minimum Gasteiger partial charge on any atom is -0.481 e. The van der Waals surface area contributed by atoms with Gasteiger partial charge in [0.2, 0.25) is 0 Å². The molecule has 0 fully saturated rings. The van der Waals surface area contributed by atoms with Crippen LogP contribution in [0.15, 0.2) is 12.7 Å². The fraction of sp³-hybridized carbons (Fsp3) is 0.636. The second kappa shape index (κ2) is 7.73. The molecule has 2 amide bonds. The van der Waals surface area contributed by atoms with Gasteiger partial charge in [-0.05, 0) is 20.3 Å². The lowest BCUT2D eigenvalue weighted by Gasteiger charge is -2.26. The average Bonchev–Trinajstić information content (AvgIpc) is 2.20. The Kier molecular flexibility index (Phi) is 7.00. The van der Waals surface area contributed by atoms with Crippen LogP contribution in [0.25, 0.3) is 0 Å². The highest BCUT2D eigenvalue weighted by atomic mass is 16.4. The van der Waals surface area contributed by atoms with Crippen molar-refractivity contribution in [2.75, 3.05) is 13.1 Å². The molecule has 5 nitrogen and oxygen atoms in total. The molecule has 0 aromatic rings. The molecule has 0 rings (SSSR count). The summed E-state index contributed by atoms with van der Waals surface area (Å²) in [5.74, 6) is -0.838. The van der Waals surface area contributed by atoms with Crippen LogP contribution < -0.4 is 5.32 Å². The van der Waals surface area contributed by atoms with Gasteiger partial charge in [-0.15, -0.1) is 6.58 Å². The van der Waals surface area contributed by atoms with Crippen molar-refractivity contribution < 1.29 is 14.7 Å². The summed E-state index contributed by atoms with van der Waals surface area (Å²) in [6.07, 6.45) is 2.15. The van der Waals surface area contributed by atoms with E-state index in [0.717, 1.165) is 0 Å². The molecule has 0 saturated heterocycles. The number of rotatable bonds is 7. The molecule has 2 N–H and O–H groups in total. The lowest BCUT2D eigenvalue weighted by molar-refractivity contribution is -0.137. The zero-order valence-electron chi connectivity index (χ0n) is 9.90. The summed E-state index contributed by atoms with van der Waals surface area (Å²) in [4.78, 5) is 23.6. The number of carboxylic acids is 1. The zero-order valence-corrected chi connectivity index (χ0v) is 9.90. The summed E-state index contributed by atoms with van der Waals surface area (Å²) in [5, 5.41) is 11.2. The molecule has 0 spiro atoms. The van der Waals surface area contributed by atoms with E-state index in [2.05, 4.69) is 11.9 Å². The summed E-state index contributed by atoms with van der Waals surface area (Å²) < 4.78 is 0. The number of hydrogen-bond acceptors (Lipinski definition) is 2. The van der Waals surface area contributed by atoms with Crippen LogP contribution in [0.3, 0.4) is 0 Å². The molecule has 0 unspecified atom stereocenters. The SMILES string of the molecule is C=CCNC(=O)N(CCCC(=O)O)C(C)C. The first-order chi connectivity index (χ1) is 7.49. The first-order valence-electron chi connectivity index (χ1n) is 5.36. The van der Waals surface area contributed by atoms with Crippen LogP contribution in [0.2, 0.25) is 0 Å². The lowest BCUT2D eigenvalue weighted by Crippen LogP contribution is -2.44. The number of carbonyl (C=O) groups is 2. The van der Waals surface area contributed by atoms with Crippen LogP contribution in [0, 0.1) is 0 Å². The number of aliphatic carboxylic acids is 1. The van der Waals surface area contributed by atoms with Gasteiger partial charge in [0.15, 0.2) is 0 Å². The molecule has 0 saturated carbocycles. The molecule has 92 valence electrons. The van der Waals surface area contributed by atoms with Gasteiger partial charge in [-0.2, -0.15) is 0 Å². The van der Waals surface area contributed by atoms with Crippen molar-refractivity contribution in [2.24, 2.45) is 0 Å². The normalized spacial score (nSPS) is 9.94. The molecule has 0 aliphatic rings. The van der Waals surface area contributed by atoms with Crippen molar-refractivity contribution in [3.05, 3.63) is 12.7 Å². The fourth-order valence-electron chi connectivity index (χ4n) is 1.26. The van der Waals surface area contributed by atoms with Crippen LogP contribution in [0.1, 0.15) is 26.7 Å². The molecule has 0 aromatic heterocycles. The van der Waals surface area contributed by atoms with Crippen molar-refractivity contribution in [2.45, 2.75) is 32.7 Å². The molecule has 0 aliphatic carbocycles. The van der Waals surface area contributed by atoms with E-state index in [-0.39, 0.29) is 18.5 Å². The molecular formula is C11H20N2O3.